The SMILES string of the molecule is COc1c(C(=O)OC(C)C)n(C2(C)CCOC2OC)cc(C(=O)NCc2c(F)cc(F)cc2F)c1=O. The topological polar surface area (TPSA) is 105 Å². The largest absolute Gasteiger partial charge is 0.491 e. The molecule has 196 valence electrons. The Morgan fingerprint density at radius 1 is 1.22 bits per heavy atom. The Labute approximate surface area is 205 Å². The molecule has 2 aromatic rings. The normalized spacial score (nSPS) is 19.4. The summed E-state index contributed by atoms with van der Waals surface area (Å²) in [5.74, 6) is -5.85. The van der Waals surface area contributed by atoms with Gasteiger partial charge in [0.25, 0.3) is 5.91 Å². The number of amides is 1. The number of esters is 1. The van der Waals surface area contributed by atoms with E-state index in [0.717, 1.165) is 13.3 Å². The summed E-state index contributed by atoms with van der Waals surface area (Å²) in [7, 11) is 2.55. The Balaban J connectivity index is 2.12. The summed E-state index contributed by atoms with van der Waals surface area (Å²) in [6.45, 7) is 4.54. The zero-order chi connectivity index (χ0) is 26.8. The lowest BCUT2D eigenvalue weighted by molar-refractivity contribution is -0.132. The fourth-order valence-corrected chi connectivity index (χ4v) is 4.04. The minimum absolute atomic E-state index is 0.251. The molecular weight excluding hydrogens is 485 g/mol. The lowest BCUT2D eigenvalue weighted by Gasteiger charge is -2.34. The molecule has 2 heterocycles. The van der Waals surface area contributed by atoms with Crippen LogP contribution in [-0.2, 0) is 26.3 Å². The van der Waals surface area contributed by atoms with Crippen LogP contribution in [0.2, 0.25) is 0 Å². The standard InChI is InChI=1S/C24H27F3N2O7/c1-12(2)36-22(32)18-20(33-4)19(30)15(11-29(18)24(3)6-7-35-23(24)34-5)21(31)28-10-14-16(26)8-13(25)9-17(14)27/h8-9,11-12,23H,6-7,10H2,1-5H3,(H,28,31). The number of aromatic nitrogens is 1. The van der Waals surface area contributed by atoms with E-state index in [2.05, 4.69) is 5.32 Å². The van der Waals surface area contributed by atoms with E-state index in [-0.39, 0.29) is 12.3 Å². The van der Waals surface area contributed by atoms with Crippen molar-refractivity contribution in [2.24, 2.45) is 0 Å². The van der Waals surface area contributed by atoms with Gasteiger partial charge in [0.05, 0.1) is 25.4 Å². The van der Waals surface area contributed by atoms with E-state index in [1.807, 2.05) is 0 Å². The summed E-state index contributed by atoms with van der Waals surface area (Å²) in [6.07, 6.45) is 0.0931. The Morgan fingerprint density at radius 2 is 1.86 bits per heavy atom. The number of nitrogens with one attached hydrogen (secondary N) is 1. The van der Waals surface area contributed by atoms with Crippen molar-refractivity contribution in [3.05, 3.63) is 62.8 Å². The maximum atomic E-state index is 14.0. The molecule has 1 aliphatic heterocycles. The van der Waals surface area contributed by atoms with Gasteiger partial charge in [0.2, 0.25) is 5.43 Å². The Morgan fingerprint density at radius 3 is 2.42 bits per heavy atom. The molecule has 12 heteroatoms. The van der Waals surface area contributed by atoms with Crippen LogP contribution in [0.1, 0.15) is 53.6 Å². The zero-order valence-corrected chi connectivity index (χ0v) is 20.4. The first kappa shape index (κ1) is 27.2. The van der Waals surface area contributed by atoms with E-state index in [1.165, 1.54) is 11.7 Å². The summed E-state index contributed by atoms with van der Waals surface area (Å²) in [5.41, 5.74) is -3.33. The maximum absolute atomic E-state index is 14.0. The van der Waals surface area contributed by atoms with Crippen molar-refractivity contribution in [3.63, 3.8) is 0 Å². The summed E-state index contributed by atoms with van der Waals surface area (Å²) < 4.78 is 64.1. The average Bonchev–Trinajstić information content (AvgIpc) is 3.18. The predicted octanol–water partition coefficient (Wildman–Crippen LogP) is 2.88. The Bertz CT molecular complexity index is 1210. The fraction of sp³-hybridized carbons (Fsp3) is 0.458. The van der Waals surface area contributed by atoms with Gasteiger partial charge in [0, 0.05) is 37.5 Å². The molecule has 1 aliphatic rings. The van der Waals surface area contributed by atoms with Gasteiger partial charge >= 0.3 is 5.97 Å². The van der Waals surface area contributed by atoms with Gasteiger partial charge in [-0.15, -0.1) is 0 Å². The lowest BCUT2D eigenvalue weighted by Crippen LogP contribution is -2.44. The van der Waals surface area contributed by atoms with Crippen molar-refractivity contribution in [2.75, 3.05) is 20.8 Å². The molecule has 1 amide bonds. The number of benzene rings is 1. The number of pyridine rings is 1. The van der Waals surface area contributed by atoms with E-state index in [1.54, 1.807) is 20.8 Å². The lowest BCUT2D eigenvalue weighted by atomic mass is 9.97. The van der Waals surface area contributed by atoms with Gasteiger partial charge in [-0.25, -0.2) is 18.0 Å². The summed E-state index contributed by atoms with van der Waals surface area (Å²) >= 11 is 0. The summed E-state index contributed by atoms with van der Waals surface area (Å²) in [6, 6.07) is 0.947. The highest BCUT2D eigenvalue weighted by molar-refractivity contribution is 5.97. The number of ether oxygens (including phenoxy) is 4. The van der Waals surface area contributed by atoms with Crippen molar-refractivity contribution in [3.8, 4) is 5.75 Å². The molecule has 0 bridgehead atoms. The molecule has 3 rings (SSSR count). The highest BCUT2D eigenvalue weighted by Crippen LogP contribution is 2.36. The van der Waals surface area contributed by atoms with E-state index in [4.69, 9.17) is 18.9 Å². The number of carbonyl (C=O) groups excluding carboxylic acids is 2. The van der Waals surface area contributed by atoms with Crippen LogP contribution in [0.4, 0.5) is 13.2 Å². The highest BCUT2D eigenvalue weighted by Gasteiger charge is 2.45. The third-order valence-electron chi connectivity index (χ3n) is 5.83. The van der Waals surface area contributed by atoms with Crippen LogP contribution in [0.5, 0.6) is 5.75 Å². The molecule has 1 aromatic carbocycles. The Kier molecular flexibility index (Phi) is 8.09. The van der Waals surface area contributed by atoms with Crippen molar-refractivity contribution in [1.82, 2.24) is 9.88 Å². The average molecular weight is 512 g/mol. The molecule has 36 heavy (non-hydrogen) atoms. The molecule has 2 unspecified atom stereocenters. The molecule has 0 spiro atoms. The molecule has 1 saturated heterocycles. The molecule has 0 saturated carbocycles. The summed E-state index contributed by atoms with van der Waals surface area (Å²) in [5, 5.41) is 2.26. The van der Waals surface area contributed by atoms with Gasteiger partial charge in [-0.2, -0.15) is 0 Å². The molecule has 1 fully saturated rings. The van der Waals surface area contributed by atoms with Crippen LogP contribution in [0.3, 0.4) is 0 Å². The minimum atomic E-state index is -1.20. The second kappa shape index (κ2) is 10.7. The van der Waals surface area contributed by atoms with Crippen molar-refractivity contribution < 1.29 is 41.7 Å². The number of methoxy groups -OCH3 is 2. The van der Waals surface area contributed by atoms with Crippen molar-refractivity contribution >= 4 is 11.9 Å². The van der Waals surface area contributed by atoms with Crippen molar-refractivity contribution in [1.29, 1.82) is 0 Å². The van der Waals surface area contributed by atoms with Crippen LogP contribution in [-0.4, -0.2) is 49.7 Å². The Hall–Kier alpha value is -3.38. The van der Waals surface area contributed by atoms with E-state index in [9.17, 15) is 27.6 Å². The van der Waals surface area contributed by atoms with Gasteiger partial charge in [-0.05, 0) is 27.2 Å². The predicted molar refractivity (Wildman–Crippen MR) is 120 cm³/mol. The van der Waals surface area contributed by atoms with Gasteiger partial charge in [-0.1, -0.05) is 0 Å². The first-order chi connectivity index (χ1) is 16.9. The molecule has 1 N–H and O–H groups in total. The van der Waals surface area contributed by atoms with Crippen LogP contribution < -0.4 is 15.5 Å². The van der Waals surface area contributed by atoms with Gasteiger partial charge < -0.3 is 28.8 Å². The van der Waals surface area contributed by atoms with E-state index < -0.39 is 76.1 Å². The second-order valence-corrected chi connectivity index (χ2v) is 8.65. The molecule has 0 radical (unpaired) electrons. The molecular formula is C24H27F3N2O7. The van der Waals surface area contributed by atoms with Crippen LogP contribution in [0, 0.1) is 17.5 Å². The van der Waals surface area contributed by atoms with Gasteiger partial charge in [-0.3, -0.25) is 9.59 Å². The van der Waals surface area contributed by atoms with Gasteiger partial charge in [0.1, 0.15) is 23.0 Å². The number of carbonyl (C=O) groups is 2. The van der Waals surface area contributed by atoms with Crippen molar-refractivity contribution in [2.45, 2.75) is 51.7 Å². The second-order valence-electron chi connectivity index (χ2n) is 8.65. The summed E-state index contributed by atoms with van der Waals surface area (Å²) in [4.78, 5) is 39.2. The third kappa shape index (κ3) is 5.09. The zero-order valence-electron chi connectivity index (χ0n) is 20.4. The van der Waals surface area contributed by atoms with Crippen LogP contribution >= 0.6 is 0 Å². The molecule has 0 aliphatic carbocycles. The number of rotatable bonds is 8. The fourth-order valence-electron chi connectivity index (χ4n) is 4.04. The molecule has 1 aromatic heterocycles. The van der Waals surface area contributed by atoms with E-state index in [0.29, 0.717) is 18.6 Å². The molecule has 2 atom stereocenters. The quantitative estimate of drug-likeness (QED) is 0.543. The highest BCUT2D eigenvalue weighted by atomic mass is 19.1. The van der Waals surface area contributed by atoms with Gasteiger partial charge in [0.15, 0.2) is 17.7 Å². The number of hydrogen-bond acceptors (Lipinski definition) is 7. The number of hydrogen-bond donors (Lipinski definition) is 1. The first-order valence-corrected chi connectivity index (χ1v) is 11.1. The monoisotopic (exact) mass is 512 g/mol. The van der Waals surface area contributed by atoms with Crippen LogP contribution in [0.15, 0.2) is 23.1 Å². The number of halogens is 3. The molecule has 9 nitrogen and oxygen atoms in total. The minimum Gasteiger partial charge on any atom is -0.491 e. The van der Waals surface area contributed by atoms with E-state index >= 15 is 0 Å². The number of nitrogens with zero attached hydrogens (tertiary/aromatic N) is 1. The third-order valence-corrected chi connectivity index (χ3v) is 5.83. The van der Waals surface area contributed by atoms with Crippen LogP contribution in [0.25, 0.3) is 0 Å². The first-order valence-electron chi connectivity index (χ1n) is 11.1. The smallest absolute Gasteiger partial charge is 0.359 e. The maximum Gasteiger partial charge on any atom is 0.359 e.